The first-order chi connectivity index (χ1) is 8.63. The fourth-order valence-electron chi connectivity index (χ4n) is 2.31. The van der Waals surface area contributed by atoms with E-state index in [-0.39, 0.29) is 6.04 Å². The number of nitrogens with two attached hydrogens (primary N) is 1. The van der Waals surface area contributed by atoms with E-state index in [1.807, 2.05) is 6.07 Å². The molecule has 1 nitrogen and oxygen atoms in total. The molecule has 0 amide bonds. The van der Waals surface area contributed by atoms with Crippen LogP contribution in [0.15, 0.2) is 40.9 Å². The van der Waals surface area contributed by atoms with Gasteiger partial charge in [-0.25, -0.2) is 0 Å². The second kappa shape index (κ2) is 6.00. The van der Waals surface area contributed by atoms with Crippen molar-refractivity contribution in [3.63, 3.8) is 0 Å². The van der Waals surface area contributed by atoms with E-state index in [4.69, 9.17) is 5.73 Å². The van der Waals surface area contributed by atoms with Crippen molar-refractivity contribution in [2.75, 3.05) is 0 Å². The number of hydrogen-bond acceptors (Lipinski definition) is 2. The molecule has 96 valence electrons. The smallest absolute Gasteiger partial charge is 0.0470 e. The molecule has 0 aliphatic heterocycles. The fourth-order valence-corrected chi connectivity index (χ4v) is 4.29. The predicted octanol–water partition coefficient (Wildman–Crippen LogP) is 5.01. The van der Waals surface area contributed by atoms with Gasteiger partial charge >= 0.3 is 0 Å². The summed E-state index contributed by atoms with van der Waals surface area (Å²) in [5.74, 6) is 0.376. The van der Waals surface area contributed by atoms with Gasteiger partial charge in [0.15, 0.2) is 0 Å². The Balaban J connectivity index is 2.31. The normalized spacial score (nSPS) is 14.4. The minimum Gasteiger partial charge on any atom is -0.323 e. The summed E-state index contributed by atoms with van der Waals surface area (Å²) in [4.78, 5) is 2.55. The topological polar surface area (TPSA) is 26.0 Å². The van der Waals surface area contributed by atoms with Crippen molar-refractivity contribution in [1.29, 1.82) is 0 Å². The van der Waals surface area contributed by atoms with Crippen LogP contribution < -0.4 is 5.73 Å². The van der Waals surface area contributed by atoms with Crippen LogP contribution in [-0.2, 0) is 0 Å². The monoisotopic (exact) mass is 323 g/mol. The van der Waals surface area contributed by atoms with E-state index >= 15 is 0 Å². The van der Waals surface area contributed by atoms with Gasteiger partial charge < -0.3 is 5.73 Å². The molecule has 0 spiro atoms. The molecule has 0 bridgehead atoms. The lowest BCUT2D eigenvalue weighted by atomic mass is 9.89. The van der Waals surface area contributed by atoms with E-state index in [9.17, 15) is 0 Å². The third kappa shape index (κ3) is 2.85. The van der Waals surface area contributed by atoms with Crippen LogP contribution >= 0.6 is 27.3 Å². The van der Waals surface area contributed by atoms with Crippen LogP contribution in [0, 0.1) is 6.92 Å². The zero-order valence-electron chi connectivity index (χ0n) is 10.7. The molecule has 2 aromatic rings. The highest BCUT2D eigenvalue weighted by atomic mass is 79.9. The van der Waals surface area contributed by atoms with E-state index in [1.54, 1.807) is 11.3 Å². The van der Waals surface area contributed by atoms with Gasteiger partial charge in [-0.2, -0.15) is 0 Å². The molecule has 1 heterocycles. The molecule has 3 heteroatoms. The van der Waals surface area contributed by atoms with Gasteiger partial charge in [0.25, 0.3) is 0 Å². The molecule has 0 saturated heterocycles. The number of benzene rings is 1. The molecule has 18 heavy (non-hydrogen) atoms. The second-order valence-electron chi connectivity index (χ2n) is 4.52. The van der Waals surface area contributed by atoms with Crippen LogP contribution in [0.4, 0.5) is 0 Å². The van der Waals surface area contributed by atoms with Gasteiger partial charge in [0.2, 0.25) is 0 Å². The van der Waals surface area contributed by atoms with Crippen molar-refractivity contribution >= 4 is 27.3 Å². The SMILES string of the molecule is CCC(c1ccccc1)C(N)c1sc(C)cc1Br. The van der Waals surface area contributed by atoms with E-state index in [0.29, 0.717) is 5.92 Å². The van der Waals surface area contributed by atoms with Gasteiger partial charge in [-0.1, -0.05) is 37.3 Å². The largest absolute Gasteiger partial charge is 0.323 e. The third-order valence-electron chi connectivity index (χ3n) is 3.24. The van der Waals surface area contributed by atoms with Crippen LogP contribution in [0.1, 0.15) is 40.6 Å². The number of rotatable bonds is 4. The molecular weight excluding hydrogens is 306 g/mol. The van der Waals surface area contributed by atoms with E-state index < -0.39 is 0 Å². The summed E-state index contributed by atoms with van der Waals surface area (Å²) in [5.41, 5.74) is 7.80. The summed E-state index contributed by atoms with van der Waals surface area (Å²) in [6.07, 6.45) is 1.05. The second-order valence-corrected chi connectivity index (χ2v) is 6.66. The summed E-state index contributed by atoms with van der Waals surface area (Å²) in [5, 5.41) is 0. The molecule has 0 aliphatic carbocycles. The van der Waals surface area contributed by atoms with E-state index in [1.165, 1.54) is 15.3 Å². The Hall–Kier alpha value is -0.640. The van der Waals surface area contributed by atoms with Crippen LogP contribution in [0.25, 0.3) is 0 Å². The first-order valence-electron chi connectivity index (χ1n) is 6.19. The standard InChI is InChI=1S/C15H18BrNS/c1-3-12(11-7-5-4-6-8-11)14(17)15-13(16)9-10(2)18-15/h4-9,12,14H,3,17H2,1-2H3. The fraction of sp³-hybridized carbons (Fsp3) is 0.333. The molecule has 1 aromatic carbocycles. The lowest BCUT2D eigenvalue weighted by Gasteiger charge is -2.22. The third-order valence-corrected chi connectivity index (χ3v) is 5.31. The van der Waals surface area contributed by atoms with Gasteiger partial charge in [0.1, 0.15) is 0 Å². The van der Waals surface area contributed by atoms with Crippen molar-refractivity contribution in [1.82, 2.24) is 0 Å². The van der Waals surface area contributed by atoms with Crippen molar-refractivity contribution in [2.24, 2.45) is 5.73 Å². The van der Waals surface area contributed by atoms with Crippen LogP contribution in [0.5, 0.6) is 0 Å². The van der Waals surface area contributed by atoms with Gasteiger partial charge in [-0.05, 0) is 40.9 Å². The zero-order chi connectivity index (χ0) is 13.1. The Kier molecular flexibility index (Phi) is 4.60. The maximum Gasteiger partial charge on any atom is 0.0470 e. The average molecular weight is 324 g/mol. The Labute approximate surface area is 121 Å². The minimum atomic E-state index is 0.0606. The summed E-state index contributed by atoms with van der Waals surface area (Å²) in [7, 11) is 0. The molecular formula is C15H18BrNS. The van der Waals surface area contributed by atoms with Crippen molar-refractivity contribution < 1.29 is 0 Å². The minimum absolute atomic E-state index is 0.0606. The quantitative estimate of drug-likeness (QED) is 0.840. The lowest BCUT2D eigenvalue weighted by molar-refractivity contribution is 0.545. The van der Waals surface area contributed by atoms with Gasteiger partial charge in [-0.15, -0.1) is 11.3 Å². The number of aryl methyl sites for hydroxylation is 1. The number of thiophene rings is 1. The highest BCUT2D eigenvalue weighted by Gasteiger charge is 2.23. The molecule has 0 radical (unpaired) electrons. The average Bonchev–Trinajstić information content (AvgIpc) is 2.70. The van der Waals surface area contributed by atoms with Crippen molar-refractivity contribution in [2.45, 2.75) is 32.2 Å². The van der Waals surface area contributed by atoms with Crippen LogP contribution in [0.2, 0.25) is 0 Å². The maximum atomic E-state index is 6.48. The van der Waals surface area contributed by atoms with Gasteiger partial charge in [0.05, 0.1) is 0 Å². The Morgan fingerprint density at radius 3 is 2.44 bits per heavy atom. The molecule has 2 unspecified atom stereocenters. The highest BCUT2D eigenvalue weighted by Crippen LogP contribution is 2.39. The summed E-state index contributed by atoms with van der Waals surface area (Å²) in [6, 6.07) is 12.8. The molecule has 2 rings (SSSR count). The van der Waals surface area contributed by atoms with Gasteiger partial charge in [0, 0.05) is 26.2 Å². The maximum absolute atomic E-state index is 6.48. The summed E-state index contributed by atoms with van der Waals surface area (Å²) in [6.45, 7) is 4.32. The molecule has 0 saturated carbocycles. The van der Waals surface area contributed by atoms with Crippen LogP contribution in [-0.4, -0.2) is 0 Å². The molecule has 0 fully saturated rings. The molecule has 1 aromatic heterocycles. The van der Waals surface area contributed by atoms with Crippen LogP contribution in [0.3, 0.4) is 0 Å². The first-order valence-corrected chi connectivity index (χ1v) is 7.80. The Morgan fingerprint density at radius 2 is 1.94 bits per heavy atom. The predicted molar refractivity (Wildman–Crippen MR) is 83.2 cm³/mol. The summed E-state index contributed by atoms with van der Waals surface area (Å²) >= 11 is 5.41. The van der Waals surface area contributed by atoms with Crippen molar-refractivity contribution in [3.8, 4) is 0 Å². The molecule has 0 aliphatic rings. The number of halogens is 1. The van der Waals surface area contributed by atoms with E-state index in [2.05, 4.69) is 60.1 Å². The number of hydrogen-bond donors (Lipinski definition) is 1. The van der Waals surface area contributed by atoms with Gasteiger partial charge in [-0.3, -0.25) is 0 Å². The lowest BCUT2D eigenvalue weighted by Crippen LogP contribution is -2.18. The van der Waals surface area contributed by atoms with E-state index in [0.717, 1.165) is 10.9 Å². The van der Waals surface area contributed by atoms with Crippen molar-refractivity contribution in [3.05, 3.63) is 56.2 Å². The Morgan fingerprint density at radius 1 is 1.28 bits per heavy atom. The Bertz CT molecular complexity index is 506. The molecule has 2 atom stereocenters. The molecule has 2 N–H and O–H groups in total. The highest BCUT2D eigenvalue weighted by molar-refractivity contribution is 9.10. The first kappa shape index (κ1) is 13.8. The zero-order valence-corrected chi connectivity index (χ0v) is 13.1. The summed E-state index contributed by atoms with van der Waals surface area (Å²) < 4.78 is 1.15.